The SMILES string of the molecule is Cc1cc(N2C(=S)N[C@H](c3ccccn3)[C@H]2c2cc(C)n(-c3cc(Cl)ccc3O)c2C)ccc1Br. The van der Waals surface area contributed by atoms with Gasteiger partial charge in [0.25, 0.3) is 0 Å². The van der Waals surface area contributed by atoms with Crippen LogP contribution in [0.25, 0.3) is 5.69 Å². The number of thiocarbonyl (C=S) groups is 1. The number of hydrogen-bond acceptors (Lipinski definition) is 3. The van der Waals surface area contributed by atoms with E-state index < -0.39 is 0 Å². The number of hydrogen-bond donors (Lipinski definition) is 2. The van der Waals surface area contributed by atoms with Crippen LogP contribution < -0.4 is 10.2 Å². The molecule has 0 radical (unpaired) electrons. The molecule has 3 heterocycles. The number of nitrogens with zero attached hydrogens (tertiary/aromatic N) is 3. The summed E-state index contributed by atoms with van der Waals surface area (Å²) in [6, 6.07) is 19.1. The Morgan fingerprint density at radius 3 is 2.57 bits per heavy atom. The standard InChI is InChI=1S/C27H24BrClN4OS/c1-15-12-19(8-9-21(15)28)33-26(25(31-27(33)35)22-6-4-5-11-30-22)20-13-16(2)32(17(20)3)23-14-18(29)7-10-24(23)34/h4-14,25-26,34H,1-3H3,(H,31,35)/t25-,26-/m1/s1. The minimum Gasteiger partial charge on any atom is -0.506 e. The molecule has 2 aromatic heterocycles. The van der Waals surface area contributed by atoms with E-state index in [9.17, 15) is 5.11 Å². The van der Waals surface area contributed by atoms with Gasteiger partial charge in [-0.3, -0.25) is 4.98 Å². The lowest BCUT2D eigenvalue weighted by molar-refractivity contribution is 0.471. The van der Waals surface area contributed by atoms with Crippen molar-refractivity contribution in [3.8, 4) is 11.4 Å². The van der Waals surface area contributed by atoms with Crippen LogP contribution in [0, 0.1) is 20.8 Å². The zero-order chi connectivity index (χ0) is 24.9. The van der Waals surface area contributed by atoms with Gasteiger partial charge in [-0.15, -0.1) is 0 Å². The summed E-state index contributed by atoms with van der Waals surface area (Å²) in [5.74, 6) is 0.171. The van der Waals surface area contributed by atoms with Crippen LogP contribution in [0.3, 0.4) is 0 Å². The Bertz CT molecular complexity index is 1440. The van der Waals surface area contributed by atoms with E-state index in [1.807, 2.05) is 35.8 Å². The van der Waals surface area contributed by atoms with Crippen LogP contribution in [0.2, 0.25) is 5.02 Å². The van der Waals surface area contributed by atoms with E-state index in [1.165, 1.54) is 0 Å². The lowest BCUT2D eigenvalue weighted by Gasteiger charge is -2.28. The Kier molecular flexibility index (Phi) is 6.34. The van der Waals surface area contributed by atoms with Crippen molar-refractivity contribution in [2.75, 3.05) is 4.90 Å². The Morgan fingerprint density at radius 1 is 1.06 bits per heavy atom. The first-order chi connectivity index (χ1) is 16.8. The number of phenols is 1. The molecule has 1 aliphatic rings. The van der Waals surface area contributed by atoms with Gasteiger partial charge in [-0.1, -0.05) is 33.6 Å². The van der Waals surface area contributed by atoms with Crippen LogP contribution in [0.1, 0.15) is 40.3 Å². The lowest BCUT2D eigenvalue weighted by Crippen LogP contribution is -2.29. The fourth-order valence-corrected chi connectivity index (χ4v) is 5.62. The highest BCUT2D eigenvalue weighted by molar-refractivity contribution is 9.10. The summed E-state index contributed by atoms with van der Waals surface area (Å²) in [4.78, 5) is 6.82. The van der Waals surface area contributed by atoms with E-state index in [1.54, 1.807) is 24.4 Å². The van der Waals surface area contributed by atoms with Gasteiger partial charge >= 0.3 is 0 Å². The van der Waals surface area contributed by atoms with Crippen molar-refractivity contribution in [1.29, 1.82) is 0 Å². The fourth-order valence-electron chi connectivity index (χ4n) is 4.86. The molecule has 1 aliphatic heterocycles. The number of aryl methyl sites for hydroxylation is 2. The number of halogens is 2. The predicted molar refractivity (Wildman–Crippen MR) is 149 cm³/mol. The first kappa shape index (κ1) is 23.9. The van der Waals surface area contributed by atoms with Crippen LogP contribution >= 0.6 is 39.7 Å². The topological polar surface area (TPSA) is 53.3 Å². The molecule has 1 saturated heterocycles. The van der Waals surface area contributed by atoms with Crippen LogP contribution in [-0.2, 0) is 0 Å². The highest BCUT2D eigenvalue weighted by Crippen LogP contribution is 2.44. The van der Waals surface area contributed by atoms with E-state index in [0.29, 0.717) is 15.8 Å². The van der Waals surface area contributed by atoms with Crippen LogP contribution in [0.5, 0.6) is 5.75 Å². The van der Waals surface area contributed by atoms with Crippen LogP contribution in [0.4, 0.5) is 5.69 Å². The van der Waals surface area contributed by atoms with Crippen molar-refractivity contribution in [3.05, 3.63) is 105 Å². The smallest absolute Gasteiger partial charge is 0.174 e. The molecule has 0 saturated carbocycles. The monoisotopic (exact) mass is 566 g/mol. The number of phenolic OH excluding ortho intramolecular Hbond substituents is 1. The second kappa shape index (κ2) is 9.30. The molecule has 5 rings (SSSR count). The first-order valence-corrected chi connectivity index (χ1v) is 12.8. The van der Waals surface area contributed by atoms with Gasteiger partial charge in [0, 0.05) is 32.8 Å². The van der Waals surface area contributed by atoms with Gasteiger partial charge in [0.15, 0.2) is 5.11 Å². The third-order valence-corrected chi connectivity index (χ3v) is 7.92. The summed E-state index contributed by atoms with van der Waals surface area (Å²) in [6.45, 7) is 6.16. The Labute approximate surface area is 223 Å². The van der Waals surface area contributed by atoms with E-state index in [4.69, 9.17) is 23.8 Å². The molecule has 2 atom stereocenters. The molecule has 4 aromatic rings. The molecule has 178 valence electrons. The van der Waals surface area contributed by atoms with Crippen molar-refractivity contribution in [2.45, 2.75) is 32.9 Å². The Balaban J connectivity index is 1.71. The molecule has 2 N–H and O–H groups in total. The van der Waals surface area contributed by atoms with Gasteiger partial charge in [-0.2, -0.15) is 0 Å². The van der Waals surface area contributed by atoms with Crippen molar-refractivity contribution in [3.63, 3.8) is 0 Å². The molecule has 0 bridgehead atoms. The third-order valence-electron chi connectivity index (χ3n) is 6.49. The zero-order valence-corrected chi connectivity index (χ0v) is 22.6. The van der Waals surface area contributed by atoms with Gasteiger partial charge in [0.2, 0.25) is 0 Å². The van der Waals surface area contributed by atoms with Gasteiger partial charge < -0.3 is 19.9 Å². The van der Waals surface area contributed by atoms with E-state index in [2.05, 4.69) is 63.2 Å². The quantitative estimate of drug-likeness (QED) is 0.258. The Hall–Kier alpha value is -2.87. The second-order valence-electron chi connectivity index (χ2n) is 8.73. The molecule has 5 nitrogen and oxygen atoms in total. The van der Waals surface area contributed by atoms with Crippen molar-refractivity contribution < 1.29 is 5.11 Å². The molecule has 0 unspecified atom stereocenters. The number of pyridine rings is 1. The van der Waals surface area contributed by atoms with Crippen LogP contribution in [-0.4, -0.2) is 19.8 Å². The van der Waals surface area contributed by atoms with E-state index in [0.717, 1.165) is 38.4 Å². The molecule has 1 fully saturated rings. The second-order valence-corrected chi connectivity index (χ2v) is 10.4. The summed E-state index contributed by atoms with van der Waals surface area (Å²) < 4.78 is 3.09. The van der Waals surface area contributed by atoms with Crippen molar-refractivity contribution in [1.82, 2.24) is 14.9 Å². The Morgan fingerprint density at radius 2 is 1.86 bits per heavy atom. The molecule has 0 amide bonds. The summed E-state index contributed by atoms with van der Waals surface area (Å²) in [7, 11) is 0. The number of aromatic hydroxyl groups is 1. The maximum atomic E-state index is 10.6. The van der Waals surface area contributed by atoms with Crippen molar-refractivity contribution >= 4 is 50.5 Å². The number of benzene rings is 2. The summed E-state index contributed by atoms with van der Waals surface area (Å²) in [6.07, 6.45) is 1.80. The maximum absolute atomic E-state index is 10.6. The minimum absolute atomic E-state index is 0.153. The number of aromatic nitrogens is 2. The molecular weight excluding hydrogens is 544 g/mol. The summed E-state index contributed by atoms with van der Waals surface area (Å²) in [5, 5.41) is 15.4. The number of rotatable bonds is 4. The fraction of sp³-hybridized carbons (Fsp3) is 0.185. The third kappa shape index (κ3) is 4.22. The largest absolute Gasteiger partial charge is 0.506 e. The van der Waals surface area contributed by atoms with E-state index in [-0.39, 0.29) is 17.8 Å². The highest BCUT2D eigenvalue weighted by atomic mass is 79.9. The summed E-state index contributed by atoms with van der Waals surface area (Å²) >= 11 is 15.8. The molecule has 0 aliphatic carbocycles. The van der Waals surface area contributed by atoms with E-state index >= 15 is 0 Å². The number of nitrogens with one attached hydrogen (secondary N) is 1. The van der Waals surface area contributed by atoms with Crippen molar-refractivity contribution in [2.24, 2.45) is 0 Å². The molecule has 8 heteroatoms. The minimum atomic E-state index is -0.158. The molecule has 2 aromatic carbocycles. The highest BCUT2D eigenvalue weighted by Gasteiger charge is 2.42. The molecule has 0 spiro atoms. The maximum Gasteiger partial charge on any atom is 0.174 e. The molecule has 35 heavy (non-hydrogen) atoms. The van der Waals surface area contributed by atoms with Gasteiger partial charge in [-0.05, 0) is 98.7 Å². The first-order valence-electron chi connectivity index (χ1n) is 11.2. The summed E-state index contributed by atoms with van der Waals surface area (Å²) in [5.41, 5.74) is 6.75. The zero-order valence-electron chi connectivity index (χ0n) is 19.5. The average molecular weight is 568 g/mol. The molecular formula is C27H24BrClN4OS. The van der Waals surface area contributed by atoms with Gasteiger partial charge in [-0.25, -0.2) is 0 Å². The number of anilines is 1. The lowest BCUT2D eigenvalue weighted by atomic mass is 9.96. The van der Waals surface area contributed by atoms with Gasteiger partial charge in [0.05, 0.1) is 23.5 Å². The normalized spacial score (nSPS) is 17.6. The predicted octanol–water partition coefficient (Wildman–Crippen LogP) is 7.10. The van der Waals surface area contributed by atoms with Crippen LogP contribution in [0.15, 0.2) is 71.3 Å². The van der Waals surface area contributed by atoms with Gasteiger partial charge in [0.1, 0.15) is 5.75 Å². The average Bonchev–Trinajstić information content (AvgIpc) is 3.33.